The van der Waals surface area contributed by atoms with Gasteiger partial charge in [-0.1, -0.05) is 50.3 Å². The van der Waals surface area contributed by atoms with Crippen LogP contribution in [0.25, 0.3) is 0 Å². The fourth-order valence-corrected chi connectivity index (χ4v) is 6.26. The number of aliphatic carboxylic acids is 1. The van der Waals surface area contributed by atoms with E-state index in [-0.39, 0.29) is 36.5 Å². The molecule has 10 heteroatoms. The molecule has 40 heavy (non-hydrogen) atoms. The number of carboxylic acids is 1. The second kappa shape index (κ2) is 13.9. The van der Waals surface area contributed by atoms with Crippen molar-refractivity contribution in [3.05, 3.63) is 69.8 Å². The Morgan fingerprint density at radius 2 is 1.60 bits per heavy atom. The topological polar surface area (TPSA) is 151 Å². The summed E-state index contributed by atoms with van der Waals surface area (Å²) in [7, 11) is 0. The highest BCUT2D eigenvalue weighted by Crippen LogP contribution is 2.43. The van der Waals surface area contributed by atoms with E-state index in [1.807, 2.05) is 12.1 Å². The number of hydrogen-bond acceptors (Lipinski definition) is 5. The lowest BCUT2D eigenvalue weighted by atomic mass is 9.69. The smallest absolute Gasteiger partial charge is 0.319 e. The Hall–Kier alpha value is -3.95. The number of nitro groups is 1. The molecule has 0 bridgehead atoms. The van der Waals surface area contributed by atoms with Crippen molar-refractivity contribution in [2.75, 3.05) is 11.9 Å². The zero-order chi connectivity index (χ0) is 28.5. The van der Waals surface area contributed by atoms with Gasteiger partial charge in [-0.05, 0) is 67.2 Å². The van der Waals surface area contributed by atoms with Gasteiger partial charge in [-0.2, -0.15) is 0 Å². The van der Waals surface area contributed by atoms with E-state index in [9.17, 15) is 24.5 Å². The SMILES string of the molecule is O=C(O)CCNC(=O)c1ccc(C(NC(=O)Nc2cccc([N+](=O)[O-])c2)C2CCC(C3CCCCC3)CC2)cc1. The molecule has 0 spiro atoms. The molecule has 2 saturated carbocycles. The highest BCUT2D eigenvalue weighted by Gasteiger charge is 2.33. The zero-order valence-corrected chi connectivity index (χ0v) is 22.6. The largest absolute Gasteiger partial charge is 0.481 e. The normalized spacial score (nSPS) is 20.2. The molecular weight excluding hydrogens is 512 g/mol. The van der Waals surface area contributed by atoms with Crippen molar-refractivity contribution in [2.45, 2.75) is 70.3 Å². The monoisotopic (exact) mass is 550 g/mol. The molecule has 2 fully saturated rings. The van der Waals surface area contributed by atoms with Gasteiger partial charge in [0, 0.05) is 29.9 Å². The summed E-state index contributed by atoms with van der Waals surface area (Å²) in [6.07, 6.45) is 10.7. The molecule has 2 aromatic rings. The quantitative estimate of drug-likeness (QED) is 0.209. The number of benzene rings is 2. The third-order valence-corrected chi connectivity index (χ3v) is 8.36. The predicted molar refractivity (Wildman–Crippen MR) is 151 cm³/mol. The fraction of sp³-hybridized carbons (Fsp3) is 0.500. The molecule has 0 saturated heterocycles. The van der Waals surface area contributed by atoms with Crippen LogP contribution < -0.4 is 16.0 Å². The minimum atomic E-state index is -0.980. The van der Waals surface area contributed by atoms with Gasteiger partial charge >= 0.3 is 12.0 Å². The average molecular weight is 551 g/mol. The molecule has 4 rings (SSSR count). The lowest BCUT2D eigenvalue weighted by molar-refractivity contribution is -0.384. The predicted octanol–water partition coefficient (Wildman–Crippen LogP) is 6.05. The molecular formula is C30H38N4O6. The molecule has 4 N–H and O–H groups in total. The van der Waals surface area contributed by atoms with Crippen LogP contribution in [0.5, 0.6) is 0 Å². The number of hydrogen-bond donors (Lipinski definition) is 4. The van der Waals surface area contributed by atoms with Gasteiger partial charge in [0.2, 0.25) is 0 Å². The second-order valence-corrected chi connectivity index (χ2v) is 11.0. The van der Waals surface area contributed by atoms with Gasteiger partial charge in [0.05, 0.1) is 17.4 Å². The van der Waals surface area contributed by atoms with Crippen LogP contribution in [0.2, 0.25) is 0 Å². The van der Waals surface area contributed by atoms with Crippen LogP contribution in [0.3, 0.4) is 0 Å². The Morgan fingerprint density at radius 3 is 2.25 bits per heavy atom. The van der Waals surface area contributed by atoms with E-state index in [0.717, 1.165) is 43.1 Å². The number of carbonyl (C=O) groups excluding carboxylic acids is 2. The third-order valence-electron chi connectivity index (χ3n) is 8.36. The number of nitrogens with zero attached hydrogens (tertiary/aromatic N) is 1. The van der Waals surface area contributed by atoms with Gasteiger partial charge in [0.1, 0.15) is 0 Å². The van der Waals surface area contributed by atoms with Crippen LogP contribution in [-0.2, 0) is 4.79 Å². The van der Waals surface area contributed by atoms with Crippen LogP contribution in [0.15, 0.2) is 48.5 Å². The van der Waals surface area contributed by atoms with Crippen LogP contribution >= 0.6 is 0 Å². The average Bonchev–Trinajstić information content (AvgIpc) is 2.96. The van der Waals surface area contributed by atoms with Crippen LogP contribution in [0.1, 0.15) is 86.2 Å². The van der Waals surface area contributed by atoms with Crippen LogP contribution in [-0.4, -0.2) is 34.5 Å². The number of urea groups is 1. The molecule has 0 heterocycles. The number of rotatable bonds is 10. The van der Waals surface area contributed by atoms with E-state index in [2.05, 4.69) is 16.0 Å². The number of amides is 3. The number of non-ortho nitro benzene ring substituents is 1. The number of nitrogens with one attached hydrogen (secondary N) is 3. The summed E-state index contributed by atoms with van der Waals surface area (Å²) in [6.45, 7) is 0.0438. The first-order valence-corrected chi connectivity index (χ1v) is 14.2. The molecule has 2 aliphatic rings. The Morgan fingerprint density at radius 1 is 0.925 bits per heavy atom. The van der Waals surface area contributed by atoms with Crippen molar-refractivity contribution in [1.29, 1.82) is 0 Å². The Kier molecular flexibility index (Phi) is 10.1. The highest BCUT2D eigenvalue weighted by atomic mass is 16.6. The summed E-state index contributed by atoms with van der Waals surface area (Å²) in [4.78, 5) is 46.9. The fourth-order valence-electron chi connectivity index (χ4n) is 6.26. The first-order valence-electron chi connectivity index (χ1n) is 14.2. The van der Waals surface area contributed by atoms with Gasteiger partial charge < -0.3 is 21.1 Å². The molecule has 2 aromatic carbocycles. The Bertz CT molecular complexity index is 1190. The van der Waals surface area contributed by atoms with E-state index >= 15 is 0 Å². The number of nitro benzene ring substituents is 1. The van der Waals surface area contributed by atoms with E-state index in [0.29, 0.717) is 11.3 Å². The summed E-state index contributed by atoms with van der Waals surface area (Å²) >= 11 is 0. The van der Waals surface area contributed by atoms with Crippen molar-refractivity contribution in [3.63, 3.8) is 0 Å². The molecule has 3 amide bonds. The number of carbonyl (C=O) groups is 3. The van der Waals surface area contributed by atoms with Gasteiger partial charge in [-0.15, -0.1) is 0 Å². The summed E-state index contributed by atoms with van der Waals surface area (Å²) in [5, 5.41) is 28.4. The third kappa shape index (κ3) is 8.03. The molecule has 0 aliphatic heterocycles. The van der Waals surface area contributed by atoms with Gasteiger partial charge in [-0.25, -0.2) is 4.79 Å². The van der Waals surface area contributed by atoms with E-state index in [1.165, 1.54) is 50.3 Å². The first-order chi connectivity index (χ1) is 19.3. The standard InChI is InChI=1S/C30H38N4O6/c35-27(36)17-18-31-29(37)24-15-13-23(14-16-24)28(22-11-9-21(10-12-22)20-5-2-1-3-6-20)33-30(38)32-25-7-4-8-26(19-25)34(39)40/h4,7-8,13-16,19-22,28H,1-3,5-6,9-12,17-18H2,(H,31,37)(H,35,36)(H2,32,33,38). The van der Waals surface area contributed by atoms with Crippen LogP contribution in [0.4, 0.5) is 16.2 Å². The number of anilines is 1. The first kappa shape index (κ1) is 29.0. The van der Waals surface area contributed by atoms with Crippen LogP contribution in [0, 0.1) is 27.9 Å². The molecule has 1 unspecified atom stereocenters. The molecule has 214 valence electrons. The maximum absolute atomic E-state index is 13.1. The van der Waals surface area contributed by atoms with Crippen molar-refractivity contribution < 1.29 is 24.4 Å². The molecule has 10 nitrogen and oxygen atoms in total. The Labute approximate surface area is 234 Å². The maximum Gasteiger partial charge on any atom is 0.319 e. The van der Waals surface area contributed by atoms with Gasteiger partial charge in [0.25, 0.3) is 11.6 Å². The second-order valence-electron chi connectivity index (χ2n) is 11.0. The summed E-state index contributed by atoms with van der Waals surface area (Å²) < 4.78 is 0. The van der Waals surface area contributed by atoms with E-state index in [4.69, 9.17) is 5.11 Å². The minimum Gasteiger partial charge on any atom is -0.481 e. The number of carboxylic acid groups (broad SMARTS) is 1. The summed E-state index contributed by atoms with van der Waals surface area (Å²) in [6, 6.07) is 12.1. The van der Waals surface area contributed by atoms with Crippen molar-refractivity contribution >= 4 is 29.3 Å². The van der Waals surface area contributed by atoms with E-state index < -0.39 is 16.9 Å². The van der Waals surface area contributed by atoms with Crippen molar-refractivity contribution in [3.8, 4) is 0 Å². The van der Waals surface area contributed by atoms with E-state index in [1.54, 1.807) is 18.2 Å². The molecule has 0 radical (unpaired) electrons. The molecule has 1 atom stereocenters. The van der Waals surface area contributed by atoms with Gasteiger partial charge in [0.15, 0.2) is 0 Å². The lowest BCUT2D eigenvalue weighted by Crippen LogP contribution is -2.38. The lowest BCUT2D eigenvalue weighted by Gasteiger charge is -2.38. The molecule has 2 aliphatic carbocycles. The van der Waals surface area contributed by atoms with Crippen molar-refractivity contribution in [2.24, 2.45) is 17.8 Å². The maximum atomic E-state index is 13.1. The zero-order valence-electron chi connectivity index (χ0n) is 22.6. The highest BCUT2D eigenvalue weighted by molar-refractivity contribution is 5.94. The summed E-state index contributed by atoms with van der Waals surface area (Å²) in [5.74, 6) is 0.413. The summed E-state index contributed by atoms with van der Waals surface area (Å²) in [5.41, 5.74) is 1.51. The minimum absolute atomic E-state index is 0.0438. The van der Waals surface area contributed by atoms with Gasteiger partial charge in [-0.3, -0.25) is 19.7 Å². The van der Waals surface area contributed by atoms with Crippen molar-refractivity contribution in [1.82, 2.24) is 10.6 Å². The molecule has 0 aromatic heterocycles. The Balaban J connectivity index is 1.46.